The maximum absolute atomic E-state index is 12.4. The zero-order valence-electron chi connectivity index (χ0n) is 19.6. The van der Waals surface area contributed by atoms with Crippen LogP contribution in [-0.2, 0) is 19.7 Å². The molecule has 0 aliphatic carbocycles. The average Bonchev–Trinajstić information content (AvgIpc) is 2.76. The summed E-state index contributed by atoms with van der Waals surface area (Å²) in [5.41, 5.74) is 2.41. The molecular formula is C25H31NO6. The minimum Gasteiger partial charge on any atom is -0.496 e. The fourth-order valence-electron chi connectivity index (χ4n) is 2.91. The normalized spacial score (nSPS) is 12.2. The molecule has 0 heterocycles. The number of amides is 1. The number of esters is 1. The second-order valence-electron chi connectivity index (χ2n) is 8.18. The molecule has 172 valence electrons. The molecule has 0 aromatic heterocycles. The largest absolute Gasteiger partial charge is 0.496 e. The summed E-state index contributed by atoms with van der Waals surface area (Å²) in [5.74, 6) is 0.416. The van der Waals surface area contributed by atoms with E-state index in [1.165, 1.54) is 40.4 Å². The molecule has 7 heteroatoms. The summed E-state index contributed by atoms with van der Waals surface area (Å²) in [6.07, 6.45) is 1.78. The third-order valence-electron chi connectivity index (χ3n) is 4.82. The molecule has 0 spiro atoms. The van der Waals surface area contributed by atoms with E-state index in [1.807, 2.05) is 24.3 Å². The van der Waals surface area contributed by atoms with Gasteiger partial charge in [0.2, 0.25) is 0 Å². The average molecular weight is 442 g/mol. The number of carbonyl (C=O) groups excluding carboxylic acids is 2. The van der Waals surface area contributed by atoms with Crippen molar-refractivity contribution in [2.24, 2.45) is 0 Å². The lowest BCUT2D eigenvalue weighted by Crippen LogP contribution is -2.29. The number of ether oxygens (including phenoxy) is 4. The van der Waals surface area contributed by atoms with E-state index in [9.17, 15) is 9.59 Å². The quantitative estimate of drug-likeness (QED) is 0.476. The molecule has 0 aliphatic heterocycles. The lowest BCUT2D eigenvalue weighted by atomic mass is 9.87. The molecule has 32 heavy (non-hydrogen) atoms. The fourth-order valence-corrected chi connectivity index (χ4v) is 2.91. The van der Waals surface area contributed by atoms with Gasteiger partial charge in [0.25, 0.3) is 5.91 Å². The molecule has 0 saturated carbocycles. The third-order valence-corrected chi connectivity index (χ3v) is 4.82. The van der Waals surface area contributed by atoms with Crippen LogP contribution in [0.5, 0.6) is 17.2 Å². The van der Waals surface area contributed by atoms with Gasteiger partial charge in [-0.1, -0.05) is 32.9 Å². The number of hydrogen-bond donors (Lipinski definition) is 1. The van der Waals surface area contributed by atoms with Gasteiger partial charge in [-0.15, -0.1) is 0 Å². The second-order valence-corrected chi connectivity index (χ2v) is 8.18. The molecule has 0 saturated heterocycles. The Kier molecular flexibility index (Phi) is 8.29. The first-order chi connectivity index (χ1) is 15.1. The Morgan fingerprint density at radius 1 is 0.906 bits per heavy atom. The molecule has 1 unspecified atom stereocenters. The lowest BCUT2D eigenvalue weighted by Gasteiger charge is -2.19. The molecule has 7 nitrogen and oxygen atoms in total. The van der Waals surface area contributed by atoms with Crippen molar-refractivity contribution >= 4 is 23.6 Å². The van der Waals surface area contributed by atoms with Crippen LogP contribution < -0.4 is 19.5 Å². The highest BCUT2D eigenvalue weighted by atomic mass is 16.5. The number of carbonyl (C=O) groups is 2. The van der Waals surface area contributed by atoms with Gasteiger partial charge in [0, 0.05) is 23.4 Å². The summed E-state index contributed by atoms with van der Waals surface area (Å²) in [6, 6.07) is 10.9. The van der Waals surface area contributed by atoms with Crippen molar-refractivity contribution in [3.63, 3.8) is 0 Å². The highest BCUT2D eigenvalue weighted by Crippen LogP contribution is 2.35. The molecular weight excluding hydrogens is 410 g/mol. The first-order valence-corrected chi connectivity index (χ1v) is 10.2. The summed E-state index contributed by atoms with van der Waals surface area (Å²) in [7, 11) is 4.55. The van der Waals surface area contributed by atoms with Crippen LogP contribution in [0.3, 0.4) is 0 Å². The Balaban J connectivity index is 2.01. The number of nitrogens with one attached hydrogen (secondary N) is 1. The van der Waals surface area contributed by atoms with E-state index in [1.54, 1.807) is 12.1 Å². The first kappa shape index (κ1) is 24.8. The SMILES string of the molecule is COc1cc(OC)c(OC)cc1/C=C/C(=O)OC(C)C(=O)Nc1ccc(C(C)(C)C)cc1. The predicted molar refractivity (Wildman–Crippen MR) is 124 cm³/mol. The summed E-state index contributed by atoms with van der Waals surface area (Å²) in [4.78, 5) is 24.6. The van der Waals surface area contributed by atoms with Crippen LogP contribution >= 0.6 is 0 Å². The van der Waals surface area contributed by atoms with E-state index in [-0.39, 0.29) is 5.41 Å². The van der Waals surface area contributed by atoms with E-state index >= 15 is 0 Å². The van der Waals surface area contributed by atoms with Gasteiger partial charge in [-0.3, -0.25) is 4.79 Å². The van der Waals surface area contributed by atoms with Crippen LogP contribution in [0.4, 0.5) is 5.69 Å². The highest BCUT2D eigenvalue weighted by Gasteiger charge is 2.18. The van der Waals surface area contributed by atoms with E-state index in [2.05, 4.69) is 26.1 Å². The fraction of sp³-hybridized carbons (Fsp3) is 0.360. The van der Waals surface area contributed by atoms with Gasteiger partial charge in [0.15, 0.2) is 17.6 Å². The molecule has 1 atom stereocenters. The monoisotopic (exact) mass is 441 g/mol. The highest BCUT2D eigenvalue weighted by molar-refractivity contribution is 5.96. The Morgan fingerprint density at radius 2 is 1.47 bits per heavy atom. The maximum atomic E-state index is 12.4. The van der Waals surface area contributed by atoms with Gasteiger partial charge in [0.1, 0.15) is 5.75 Å². The van der Waals surface area contributed by atoms with E-state index < -0.39 is 18.0 Å². The molecule has 2 rings (SSSR count). The summed E-state index contributed by atoms with van der Waals surface area (Å²) in [6.45, 7) is 7.87. The van der Waals surface area contributed by atoms with Gasteiger partial charge in [-0.2, -0.15) is 0 Å². The van der Waals surface area contributed by atoms with Crippen LogP contribution in [0.15, 0.2) is 42.5 Å². The minimum atomic E-state index is -0.971. The smallest absolute Gasteiger partial charge is 0.331 e. The standard InChI is InChI=1S/C25H31NO6/c1-16(24(28)26-19-11-9-18(10-12-19)25(2,3)4)32-23(27)13-8-17-14-21(30-6)22(31-7)15-20(17)29-5/h8-16H,1-7H3,(H,26,28)/b13-8+. The molecule has 1 amide bonds. The molecule has 1 N–H and O–H groups in total. The molecule has 2 aromatic carbocycles. The van der Waals surface area contributed by atoms with Crippen molar-refractivity contribution in [2.45, 2.75) is 39.2 Å². The number of hydrogen-bond acceptors (Lipinski definition) is 6. The van der Waals surface area contributed by atoms with Crippen molar-refractivity contribution in [3.05, 3.63) is 53.6 Å². The van der Waals surface area contributed by atoms with E-state index in [0.29, 0.717) is 28.5 Å². The van der Waals surface area contributed by atoms with Gasteiger partial charge in [-0.25, -0.2) is 4.79 Å². The predicted octanol–water partition coefficient (Wildman–Crippen LogP) is 4.59. The number of rotatable bonds is 8. The van der Waals surface area contributed by atoms with Crippen molar-refractivity contribution in [1.82, 2.24) is 0 Å². The summed E-state index contributed by atoms with van der Waals surface area (Å²) in [5, 5.41) is 2.75. The van der Waals surface area contributed by atoms with Crippen LogP contribution in [0.1, 0.15) is 38.8 Å². The van der Waals surface area contributed by atoms with E-state index in [0.717, 1.165) is 5.56 Å². The van der Waals surface area contributed by atoms with E-state index in [4.69, 9.17) is 18.9 Å². The zero-order valence-corrected chi connectivity index (χ0v) is 19.6. The molecule has 0 aliphatic rings. The first-order valence-electron chi connectivity index (χ1n) is 10.2. The Bertz CT molecular complexity index is 973. The minimum absolute atomic E-state index is 0.0221. The molecule has 0 radical (unpaired) electrons. The van der Waals surface area contributed by atoms with Gasteiger partial charge < -0.3 is 24.3 Å². The second kappa shape index (κ2) is 10.7. The van der Waals surface area contributed by atoms with Gasteiger partial charge in [-0.05, 0) is 42.2 Å². The lowest BCUT2D eigenvalue weighted by molar-refractivity contribution is -0.148. The molecule has 2 aromatic rings. The summed E-state index contributed by atoms with van der Waals surface area (Å²) < 4.78 is 21.1. The molecule has 0 fully saturated rings. The van der Waals surface area contributed by atoms with Gasteiger partial charge >= 0.3 is 5.97 Å². The van der Waals surface area contributed by atoms with Crippen molar-refractivity contribution in [3.8, 4) is 17.2 Å². The number of methoxy groups -OCH3 is 3. The Labute approximate surface area is 189 Å². The van der Waals surface area contributed by atoms with Crippen LogP contribution in [0.25, 0.3) is 6.08 Å². The summed E-state index contributed by atoms with van der Waals surface area (Å²) >= 11 is 0. The van der Waals surface area contributed by atoms with Gasteiger partial charge in [0.05, 0.1) is 21.3 Å². The third kappa shape index (κ3) is 6.51. The Hall–Kier alpha value is -3.48. The van der Waals surface area contributed by atoms with Crippen molar-refractivity contribution in [2.75, 3.05) is 26.6 Å². The van der Waals surface area contributed by atoms with Crippen LogP contribution in [0.2, 0.25) is 0 Å². The topological polar surface area (TPSA) is 83.1 Å². The number of benzene rings is 2. The Morgan fingerprint density at radius 3 is 2.00 bits per heavy atom. The maximum Gasteiger partial charge on any atom is 0.331 e. The number of anilines is 1. The molecule has 0 bridgehead atoms. The van der Waals surface area contributed by atoms with Crippen LogP contribution in [-0.4, -0.2) is 39.3 Å². The van der Waals surface area contributed by atoms with Crippen molar-refractivity contribution in [1.29, 1.82) is 0 Å². The van der Waals surface area contributed by atoms with Crippen molar-refractivity contribution < 1.29 is 28.5 Å². The zero-order chi connectivity index (χ0) is 23.9. The van der Waals surface area contributed by atoms with Crippen LogP contribution in [0, 0.1) is 0 Å².